The number of nitriles is 1. The molecule has 22 heavy (non-hydrogen) atoms. The molecular formula is C15H8Cl2N4O. The molecule has 5 nitrogen and oxygen atoms in total. The number of aromatic amines is 1. The Morgan fingerprint density at radius 3 is 2.64 bits per heavy atom. The Hall–Kier alpha value is -2.55. The van der Waals surface area contributed by atoms with Crippen LogP contribution in [0.1, 0.15) is 5.69 Å². The van der Waals surface area contributed by atoms with Crippen molar-refractivity contribution in [1.29, 1.82) is 5.26 Å². The van der Waals surface area contributed by atoms with Crippen LogP contribution in [-0.4, -0.2) is 15.4 Å². The highest BCUT2D eigenvalue weighted by atomic mass is 35.5. The maximum Gasteiger partial charge on any atom is 0.190 e. The number of hydrogen-bond donors (Lipinski definition) is 1. The molecule has 0 aliphatic carbocycles. The fourth-order valence-corrected chi connectivity index (χ4v) is 2.20. The summed E-state index contributed by atoms with van der Waals surface area (Å²) >= 11 is 11.9. The van der Waals surface area contributed by atoms with Crippen LogP contribution >= 0.6 is 23.2 Å². The molecule has 1 aromatic heterocycles. The summed E-state index contributed by atoms with van der Waals surface area (Å²) in [5, 5.41) is 20.2. The third-order valence-corrected chi connectivity index (χ3v) is 3.65. The molecule has 0 amide bonds. The van der Waals surface area contributed by atoms with Crippen LogP contribution in [0.3, 0.4) is 0 Å². The van der Waals surface area contributed by atoms with Crippen molar-refractivity contribution < 1.29 is 4.74 Å². The standard InChI is InChI=1S/C15H8Cl2N4O/c16-11-6-5-9(7-12(11)17)22-14-4-2-1-3-10(14)15-13(8-18)19-21-20-15/h1-7H,(H,19,20,21). The zero-order chi connectivity index (χ0) is 15.5. The summed E-state index contributed by atoms with van der Waals surface area (Å²) in [4.78, 5) is 0. The lowest BCUT2D eigenvalue weighted by atomic mass is 10.1. The van der Waals surface area contributed by atoms with Gasteiger partial charge in [0.15, 0.2) is 5.69 Å². The first-order valence-electron chi connectivity index (χ1n) is 6.22. The van der Waals surface area contributed by atoms with Crippen molar-refractivity contribution in [2.45, 2.75) is 0 Å². The van der Waals surface area contributed by atoms with E-state index in [1.807, 2.05) is 18.2 Å². The third-order valence-electron chi connectivity index (χ3n) is 2.91. The van der Waals surface area contributed by atoms with E-state index in [9.17, 15) is 0 Å². The van der Waals surface area contributed by atoms with E-state index < -0.39 is 0 Å². The number of para-hydroxylation sites is 1. The van der Waals surface area contributed by atoms with Crippen LogP contribution in [0.5, 0.6) is 11.5 Å². The smallest absolute Gasteiger partial charge is 0.190 e. The molecular weight excluding hydrogens is 323 g/mol. The monoisotopic (exact) mass is 330 g/mol. The predicted molar refractivity (Wildman–Crippen MR) is 83.1 cm³/mol. The highest BCUT2D eigenvalue weighted by molar-refractivity contribution is 6.42. The molecule has 1 heterocycles. The van der Waals surface area contributed by atoms with Gasteiger partial charge in [0, 0.05) is 11.6 Å². The first-order chi connectivity index (χ1) is 10.7. The minimum atomic E-state index is 0.199. The molecule has 0 unspecified atom stereocenters. The minimum Gasteiger partial charge on any atom is -0.457 e. The molecule has 3 rings (SSSR count). The number of halogens is 2. The third kappa shape index (κ3) is 2.75. The molecule has 0 saturated heterocycles. The van der Waals surface area contributed by atoms with E-state index >= 15 is 0 Å². The van der Waals surface area contributed by atoms with Gasteiger partial charge in [-0.15, -0.1) is 5.10 Å². The maximum absolute atomic E-state index is 9.07. The van der Waals surface area contributed by atoms with Gasteiger partial charge in [0.25, 0.3) is 0 Å². The van der Waals surface area contributed by atoms with Gasteiger partial charge < -0.3 is 4.74 Å². The second kappa shape index (κ2) is 6.06. The molecule has 1 N–H and O–H groups in total. The van der Waals surface area contributed by atoms with Crippen molar-refractivity contribution in [3.8, 4) is 28.8 Å². The molecule has 0 aliphatic heterocycles. The van der Waals surface area contributed by atoms with Gasteiger partial charge in [0.1, 0.15) is 23.3 Å². The number of aromatic nitrogens is 3. The van der Waals surface area contributed by atoms with E-state index in [1.165, 1.54) is 0 Å². The molecule has 3 aromatic rings. The normalized spacial score (nSPS) is 10.2. The zero-order valence-electron chi connectivity index (χ0n) is 11.0. The summed E-state index contributed by atoms with van der Waals surface area (Å²) < 4.78 is 5.83. The van der Waals surface area contributed by atoms with Crippen LogP contribution in [0.15, 0.2) is 42.5 Å². The molecule has 0 radical (unpaired) electrons. The molecule has 0 bridgehead atoms. The van der Waals surface area contributed by atoms with Crippen molar-refractivity contribution in [2.24, 2.45) is 0 Å². The Bertz CT molecular complexity index is 870. The van der Waals surface area contributed by atoms with Gasteiger partial charge in [-0.3, -0.25) is 0 Å². The van der Waals surface area contributed by atoms with Gasteiger partial charge >= 0.3 is 0 Å². The molecule has 2 aromatic carbocycles. The Kier molecular flexibility index (Phi) is 3.96. The molecule has 0 aliphatic rings. The van der Waals surface area contributed by atoms with E-state index in [0.29, 0.717) is 32.8 Å². The van der Waals surface area contributed by atoms with Gasteiger partial charge in [-0.2, -0.15) is 15.6 Å². The number of H-pyrrole nitrogens is 1. The maximum atomic E-state index is 9.07. The fourth-order valence-electron chi connectivity index (χ4n) is 1.92. The van der Waals surface area contributed by atoms with Gasteiger partial charge in [0.2, 0.25) is 0 Å². The average Bonchev–Trinajstić information content (AvgIpc) is 3.00. The van der Waals surface area contributed by atoms with Gasteiger partial charge in [0.05, 0.1) is 10.0 Å². The summed E-state index contributed by atoms with van der Waals surface area (Å²) in [5.74, 6) is 1.06. The average molecular weight is 331 g/mol. The summed E-state index contributed by atoms with van der Waals surface area (Å²) in [7, 11) is 0. The Morgan fingerprint density at radius 1 is 1.05 bits per heavy atom. The lowest BCUT2D eigenvalue weighted by Crippen LogP contribution is -1.90. The quantitative estimate of drug-likeness (QED) is 0.770. The number of nitrogens with zero attached hydrogens (tertiary/aromatic N) is 3. The van der Waals surface area contributed by atoms with Crippen LogP contribution < -0.4 is 4.74 Å². The first-order valence-corrected chi connectivity index (χ1v) is 6.98. The van der Waals surface area contributed by atoms with Crippen LogP contribution in [0.2, 0.25) is 10.0 Å². The topological polar surface area (TPSA) is 74.6 Å². The molecule has 0 saturated carbocycles. The number of ether oxygens (including phenoxy) is 1. The first kappa shape index (κ1) is 14.4. The van der Waals surface area contributed by atoms with Crippen LogP contribution in [0.4, 0.5) is 0 Å². The number of hydrogen-bond acceptors (Lipinski definition) is 4. The summed E-state index contributed by atoms with van der Waals surface area (Å²) in [6, 6.07) is 14.2. The molecule has 7 heteroatoms. The van der Waals surface area contributed by atoms with Crippen molar-refractivity contribution in [1.82, 2.24) is 15.4 Å². The molecule has 0 atom stereocenters. The van der Waals surface area contributed by atoms with Crippen molar-refractivity contribution in [3.05, 3.63) is 58.2 Å². The van der Waals surface area contributed by atoms with E-state index in [2.05, 4.69) is 15.4 Å². The predicted octanol–water partition coefficient (Wildman–Crippen LogP) is 4.44. The molecule has 108 valence electrons. The Labute approximate surface area is 136 Å². The van der Waals surface area contributed by atoms with Gasteiger partial charge in [-0.05, 0) is 24.3 Å². The lowest BCUT2D eigenvalue weighted by Gasteiger charge is -2.10. The van der Waals surface area contributed by atoms with E-state index in [0.717, 1.165) is 0 Å². The summed E-state index contributed by atoms with van der Waals surface area (Å²) in [6.07, 6.45) is 0. The van der Waals surface area contributed by atoms with Crippen molar-refractivity contribution in [2.75, 3.05) is 0 Å². The van der Waals surface area contributed by atoms with E-state index in [4.69, 9.17) is 33.2 Å². The second-order valence-electron chi connectivity index (χ2n) is 4.31. The van der Waals surface area contributed by atoms with Crippen LogP contribution in [0, 0.1) is 11.3 Å². The number of rotatable bonds is 3. The largest absolute Gasteiger partial charge is 0.457 e. The van der Waals surface area contributed by atoms with Crippen LogP contribution in [-0.2, 0) is 0 Å². The highest BCUT2D eigenvalue weighted by Crippen LogP contribution is 2.35. The Morgan fingerprint density at radius 2 is 1.86 bits per heavy atom. The van der Waals surface area contributed by atoms with E-state index in [1.54, 1.807) is 30.3 Å². The highest BCUT2D eigenvalue weighted by Gasteiger charge is 2.15. The Balaban J connectivity index is 2.02. The molecule has 0 spiro atoms. The second-order valence-corrected chi connectivity index (χ2v) is 5.12. The van der Waals surface area contributed by atoms with E-state index in [-0.39, 0.29) is 5.69 Å². The SMILES string of the molecule is N#Cc1n[nH]nc1-c1ccccc1Oc1ccc(Cl)c(Cl)c1. The zero-order valence-corrected chi connectivity index (χ0v) is 12.6. The lowest BCUT2D eigenvalue weighted by molar-refractivity contribution is 0.484. The minimum absolute atomic E-state index is 0.199. The van der Waals surface area contributed by atoms with Crippen molar-refractivity contribution >= 4 is 23.2 Å². The number of nitrogens with one attached hydrogen (secondary N) is 1. The van der Waals surface area contributed by atoms with Crippen molar-refractivity contribution in [3.63, 3.8) is 0 Å². The number of benzene rings is 2. The van der Waals surface area contributed by atoms with Crippen LogP contribution in [0.25, 0.3) is 11.3 Å². The van der Waals surface area contributed by atoms with Gasteiger partial charge in [-0.1, -0.05) is 35.3 Å². The van der Waals surface area contributed by atoms with Gasteiger partial charge in [-0.25, -0.2) is 0 Å². The fraction of sp³-hybridized carbons (Fsp3) is 0. The summed E-state index contributed by atoms with van der Waals surface area (Å²) in [6.45, 7) is 0. The molecule has 0 fully saturated rings. The summed E-state index contributed by atoms with van der Waals surface area (Å²) in [5.41, 5.74) is 1.28.